The Morgan fingerprint density at radius 1 is 0.515 bits per heavy atom. The van der Waals surface area contributed by atoms with E-state index in [2.05, 4.69) is 49.6 Å². The standard InChI is InChI=1S/C90H76F8N2O3/c1-3-53-25-37-61(38-26-53)101-63-41-29-55(30-42-63)89(87-75(93)17-9-18-76(87)94)69-15-7-5-13-65(69)67-45-33-57(49-71(67)89)99(59-35-47-73(91)79(97)51-59)81-21-11-23-83-85(81)86-82(22-12-24-84(86)103-83)100(60-36-48-74(92)80(98)52-60)58-34-46-68-66-14-6-8-16-70(66)90(72(68)50-58,88-77(95)19-10-20-78(88)96)56-31-43-64(44-32-56)102-62-39-27-54(4-2)28-40-62/h3-7,9-11,13-15,17-23,25,27,29,31,33-35,37,39,43,45-47,49-52,63,65-66,69-70,84,86H,1-2,8,12,16,24,26,28,30,32,36,38,40-42,44,48H2. The zero-order valence-electron chi connectivity index (χ0n) is 56.9. The van der Waals surface area contributed by atoms with Crippen molar-refractivity contribution in [1.29, 1.82) is 0 Å². The third-order valence-corrected chi connectivity index (χ3v) is 23.6. The number of halogens is 8. The SMILES string of the molecule is C=CC1=CC=C(OC2=CC=C(C3(c4c(F)cccc4F)c4cc(N(C5=CC(F)=C(F)CC5)C5=CCCC6Oc7cccc(N(c8ccc(F)c(F)c8)c8ccc9c(c8)C(C8=CCC(OC%10=CC=C(C=C)CC%10)CC8)(c8c(F)cccc8F)C8C=CC=CC98)c7C56)ccc4C4C=CCCC43)CC2)CC1. The van der Waals surface area contributed by atoms with Crippen LogP contribution in [0.4, 0.5) is 57.9 Å². The monoisotopic (exact) mass is 1380 g/mol. The molecule has 11 aliphatic rings. The van der Waals surface area contributed by atoms with Crippen LogP contribution in [0.15, 0.2) is 288 Å². The van der Waals surface area contributed by atoms with Crippen LogP contribution in [0.25, 0.3) is 0 Å². The second kappa shape index (κ2) is 26.6. The average Bonchev–Trinajstić information content (AvgIpc) is 1.55. The van der Waals surface area contributed by atoms with E-state index in [0.717, 1.165) is 82.1 Å². The summed E-state index contributed by atoms with van der Waals surface area (Å²) in [7, 11) is 0. The Hall–Kier alpha value is -10.1. The first-order valence-electron chi connectivity index (χ1n) is 36.2. The van der Waals surface area contributed by atoms with Crippen LogP contribution in [0.5, 0.6) is 5.75 Å². The molecule has 0 aromatic heterocycles. The normalized spacial score (nSPS) is 26.4. The molecule has 9 atom stereocenters. The predicted molar refractivity (Wildman–Crippen MR) is 389 cm³/mol. The van der Waals surface area contributed by atoms with Gasteiger partial charge >= 0.3 is 0 Å². The summed E-state index contributed by atoms with van der Waals surface area (Å²) in [5, 5.41) is 0. The number of anilines is 4. The molecule has 6 aromatic rings. The fraction of sp³-hybridized carbons (Fsp3) is 0.267. The zero-order valence-corrected chi connectivity index (χ0v) is 56.9. The Morgan fingerprint density at radius 3 is 1.82 bits per heavy atom. The predicted octanol–water partition coefficient (Wildman–Crippen LogP) is 24.0. The van der Waals surface area contributed by atoms with Crippen molar-refractivity contribution in [2.45, 2.75) is 137 Å². The number of fused-ring (bicyclic) bond motifs is 9. The molecule has 0 saturated carbocycles. The summed E-state index contributed by atoms with van der Waals surface area (Å²) in [6, 6.07) is 29.3. The number of rotatable bonds is 16. The van der Waals surface area contributed by atoms with Gasteiger partial charge in [0.05, 0.1) is 28.2 Å². The molecule has 6 aromatic carbocycles. The lowest BCUT2D eigenvalue weighted by atomic mass is 9.59. The Morgan fingerprint density at radius 2 is 1.16 bits per heavy atom. The van der Waals surface area contributed by atoms with Crippen molar-refractivity contribution in [3.8, 4) is 5.75 Å². The summed E-state index contributed by atoms with van der Waals surface area (Å²) < 4.78 is 154. The van der Waals surface area contributed by atoms with E-state index in [1.54, 1.807) is 0 Å². The molecule has 0 N–H and O–H groups in total. The summed E-state index contributed by atoms with van der Waals surface area (Å²) in [5.74, 6) is -6.02. The number of hydrogen-bond acceptors (Lipinski definition) is 5. The highest BCUT2D eigenvalue weighted by Crippen LogP contribution is 2.66. The smallest absolute Gasteiger partial charge is 0.160 e. The summed E-state index contributed by atoms with van der Waals surface area (Å²) in [5.41, 5.74) is 7.60. The lowest BCUT2D eigenvalue weighted by Crippen LogP contribution is -2.39. The van der Waals surface area contributed by atoms with Gasteiger partial charge < -0.3 is 24.0 Å². The minimum Gasteiger partial charge on any atom is -0.494 e. The van der Waals surface area contributed by atoms with Crippen LogP contribution >= 0.6 is 0 Å². The van der Waals surface area contributed by atoms with Gasteiger partial charge in [-0.3, -0.25) is 0 Å². The number of allylic oxidation sites excluding steroid dienone is 26. The fourth-order valence-electron chi connectivity index (χ4n) is 19.2. The molecule has 0 spiro atoms. The van der Waals surface area contributed by atoms with Crippen molar-refractivity contribution in [3.05, 3.63) is 362 Å². The van der Waals surface area contributed by atoms with Gasteiger partial charge in [-0.05, 0) is 201 Å². The van der Waals surface area contributed by atoms with E-state index >= 15 is 35.1 Å². The van der Waals surface area contributed by atoms with Crippen molar-refractivity contribution in [3.63, 3.8) is 0 Å². The van der Waals surface area contributed by atoms with Crippen LogP contribution in [0.2, 0.25) is 0 Å². The number of nitrogens with zero attached hydrogens (tertiary/aromatic N) is 2. The summed E-state index contributed by atoms with van der Waals surface area (Å²) in [4.78, 5) is 3.84. The molecule has 0 bridgehead atoms. The van der Waals surface area contributed by atoms with Gasteiger partial charge in [-0.2, -0.15) is 0 Å². The van der Waals surface area contributed by atoms with E-state index in [4.69, 9.17) is 14.2 Å². The molecular weight excluding hydrogens is 1310 g/mol. The molecule has 0 saturated heterocycles. The van der Waals surface area contributed by atoms with Crippen LogP contribution in [0.1, 0.15) is 153 Å². The first kappa shape index (κ1) is 66.1. The number of benzene rings is 6. The topological polar surface area (TPSA) is 34.2 Å². The van der Waals surface area contributed by atoms with Gasteiger partial charge in [-0.15, -0.1) is 0 Å². The van der Waals surface area contributed by atoms with Crippen molar-refractivity contribution in [1.82, 2.24) is 0 Å². The molecule has 103 heavy (non-hydrogen) atoms. The maximum absolute atomic E-state index is 17.5. The van der Waals surface area contributed by atoms with Crippen LogP contribution in [0.3, 0.4) is 0 Å². The van der Waals surface area contributed by atoms with Gasteiger partial charge in [-0.25, -0.2) is 35.1 Å². The lowest BCUT2D eigenvalue weighted by molar-refractivity contribution is 0.0978. The van der Waals surface area contributed by atoms with E-state index in [-0.39, 0.29) is 53.5 Å². The Balaban J connectivity index is 0.831. The van der Waals surface area contributed by atoms with Crippen molar-refractivity contribution in [2.75, 3.05) is 9.80 Å². The van der Waals surface area contributed by atoms with Crippen molar-refractivity contribution in [2.24, 2.45) is 11.8 Å². The molecule has 5 nitrogen and oxygen atoms in total. The molecule has 10 aliphatic carbocycles. The maximum Gasteiger partial charge on any atom is 0.160 e. The van der Waals surface area contributed by atoms with E-state index in [1.165, 1.54) is 48.5 Å². The molecule has 17 rings (SSSR count). The van der Waals surface area contributed by atoms with Gasteiger partial charge in [0.25, 0.3) is 0 Å². The molecule has 1 aliphatic heterocycles. The molecular formula is C90H76F8N2O3. The third-order valence-electron chi connectivity index (χ3n) is 23.6. The third kappa shape index (κ3) is 11.0. The van der Waals surface area contributed by atoms with Gasteiger partial charge in [0.15, 0.2) is 17.5 Å². The van der Waals surface area contributed by atoms with Gasteiger partial charge in [0, 0.05) is 101 Å². The van der Waals surface area contributed by atoms with E-state index in [9.17, 15) is 0 Å². The number of hydrogen-bond donors (Lipinski definition) is 0. The first-order chi connectivity index (χ1) is 50.2. The quantitative estimate of drug-likeness (QED) is 0.0713. The molecule has 0 fully saturated rings. The first-order valence-corrected chi connectivity index (χ1v) is 36.2. The fourth-order valence-corrected chi connectivity index (χ4v) is 19.2. The molecule has 1 heterocycles. The maximum atomic E-state index is 17.5. The van der Waals surface area contributed by atoms with Gasteiger partial charge in [-0.1, -0.05) is 134 Å². The van der Waals surface area contributed by atoms with E-state index in [0.29, 0.717) is 115 Å². The molecule has 13 heteroatoms. The second-order valence-electron chi connectivity index (χ2n) is 28.8. The van der Waals surface area contributed by atoms with Gasteiger partial charge in [0.2, 0.25) is 0 Å². The minimum atomic E-state index is -1.42. The Labute approximate surface area is 595 Å². The number of ether oxygens (including phenoxy) is 3. The zero-order chi connectivity index (χ0) is 70.4. The summed E-state index contributed by atoms with van der Waals surface area (Å²) in [6.45, 7) is 7.87. The summed E-state index contributed by atoms with van der Waals surface area (Å²) in [6.07, 6.45) is 40.2. The lowest BCUT2D eigenvalue weighted by Gasteiger charge is -2.43. The van der Waals surface area contributed by atoms with Crippen LogP contribution in [-0.4, -0.2) is 12.2 Å². The van der Waals surface area contributed by atoms with Gasteiger partial charge in [0.1, 0.15) is 58.6 Å². The summed E-state index contributed by atoms with van der Waals surface area (Å²) >= 11 is 0. The molecule has 520 valence electrons. The minimum absolute atomic E-state index is 0.0501. The van der Waals surface area contributed by atoms with Crippen molar-refractivity contribution < 1.29 is 49.3 Å². The highest BCUT2D eigenvalue weighted by atomic mass is 19.2. The van der Waals surface area contributed by atoms with Crippen LogP contribution < -0.4 is 14.5 Å². The highest BCUT2D eigenvalue weighted by molar-refractivity contribution is 5.84. The average molecular weight is 1390 g/mol. The second-order valence-corrected chi connectivity index (χ2v) is 28.8. The van der Waals surface area contributed by atoms with Crippen LogP contribution in [-0.2, 0) is 20.3 Å². The molecule has 9 unspecified atom stereocenters. The van der Waals surface area contributed by atoms with E-state index in [1.807, 2.05) is 125 Å². The highest BCUT2D eigenvalue weighted by Gasteiger charge is 2.59. The van der Waals surface area contributed by atoms with Crippen LogP contribution in [0, 0.1) is 46.7 Å². The Kier molecular flexibility index (Phi) is 17.1. The molecule has 0 amide bonds. The van der Waals surface area contributed by atoms with E-state index < -0.39 is 75.3 Å². The van der Waals surface area contributed by atoms with Crippen molar-refractivity contribution >= 4 is 22.7 Å². The Bertz CT molecular complexity index is 4970. The largest absolute Gasteiger partial charge is 0.494 e. The molecule has 0 radical (unpaired) electrons.